The predicted octanol–water partition coefficient (Wildman–Crippen LogP) is 3.91. The van der Waals surface area contributed by atoms with E-state index in [2.05, 4.69) is 9.82 Å². The maximum atomic E-state index is 14.2. The van der Waals surface area contributed by atoms with Gasteiger partial charge in [-0.25, -0.2) is 22.2 Å². The third kappa shape index (κ3) is 4.99. The summed E-state index contributed by atoms with van der Waals surface area (Å²) in [6.07, 6.45) is 2.84. The molecule has 0 spiro atoms. The maximum Gasteiger partial charge on any atom is 0.266 e. The molecule has 6 rings (SSSR count). The van der Waals surface area contributed by atoms with Gasteiger partial charge < -0.3 is 5.73 Å². The first kappa shape index (κ1) is 27.5. The molecule has 1 saturated carbocycles. The van der Waals surface area contributed by atoms with Crippen molar-refractivity contribution < 1.29 is 17.2 Å². The molecule has 0 saturated heterocycles. The van der Waals surface area contributed by atoms with Crippen LogP contribution in [-0.2, 0) is 23.5 Å². The van der Waals surface area contributed by atoms with Crippen LogP contribution < -0.4 is 16.0 Å². The van der Waals surface area contributed by atoms with E-state index in [0.29, 0.717) is 16.6 Å². The summed E-state index contributed by atoms with van der Waals surface area (Å²) < 4.78 is 57.7. The lowest BCUT2D eigenvalue weighted by Gasteiger charge is -2.20. The number of hydrogen-bond acceptors (Lipinski definition) is 7. The highest BCUT2D eigenvalue weighted by molar-refractivity contribution is 7.92. The number of benzene rings is 3. The number of aryl methyl sites for hydroxylation is 1. The highest BCUT2D eigenvalue weighted by atomic mass is 32.2. The molecule has 42 heavy (non-hydrogen) atoms. The summed E-state index contributed by atoms with van der Waals surface area (Å²) >= 11 is 0. The third-order valence-electron chi connectivity index (χ3n) is 7.27. The minimum Gasteiger partial charge on any atom is -0.321 e. The molecule has 214 valence electrons. The number of rotatable bonds is 7. The first-order valence-corrected chi connectivity index (χ1v) is 15.0. The van der Waals surface area contributed by atoms with E-state index in [-0.39, 0.29) is 46.0 Å². The molecule has 13 heteroatoms. The van der Waals surface area contributed by atoms with Gasteiger partial charge >= 0.3 is 0 Å². The number of sulfonamides is 1. The highest BCUT2D eigenvalue weighted by Gasteiger charge is 2.31. The van der Waals surface area contributed by atoms with E-state index in [1.54, 1.807) is 13.1 Å². The first-order valence-electron chi connectivity index (χ1n) is 13.1. The minimum absolute atomic E-state index is 0.0554. The molecule has 2 heterocycles. The van der Waals surface area contributed by atoms with Crippen molar-refractivity contribution in [3.8, 4) is 11.8 Å². The smallest absolute Gasteiger partial charge is 0.266 e. The van der Waals surface area contributed by atoms with Crippen molar-refractivity contribution in [2.45, 2.75) is 31.2 Å². The highest BCUT2D eigenvalue weighted by Crippen LogP contribution is 2.46. The van der Waals surface area contributed by atoms with E-state index in [9.17, 15) is 27.3 Å². The van der Waals surface area contributed by atoms with E-state index >= 15 is 0 Å². The maximum absolute atomic E-state index is 14.2. The normalized spacial score (nSPS) is 14.3. The van der Waals surface area contributed by atoms with Crippen LogP contribution in [0.25, 0.3) is 27.5 Å². The summed E-state index contributed by atoms with van der Waals surface area (Å²) in [7, 11) is -2.03. The van der Waals surface area contributed by atoms with Gasteiger partial charge in [-0.2, -0.15) is 10.4 Å². The summed E-state index contributed by atoms with van der Waals surface area (Å²) in [6, 6.07) is 12.2. The molecule has 3 N–H and O–H groups in total. The SMILES string of the molecule is Cn1nc(NS(C)(=O)=O)c2c(C3CC3)ccc(-n3c(C(N)Cc4cc(F)cc(F)c4)nc4cc(C#N)ccc4c3=O)c21. The molecular weight excluding hydrogens is 564 g/mol. The fourth-order valence-electron chi connectivity index (χ4n) is 5.41. The molecule has 5 aromatic rings. The zero-order valence-corrected chi connectivity index (χ0v) is 23.4. The number of anilines is 1. The van der Waals surface area contributed by atoms with Crippen LogP contribution in [0.2, 0.25) is 0 Å². The Bertz CT molecular complexity index is 2110. The van der Waals surface area contributed by atoms with Crippen molar-refractivity contribution in [2.75, 3.05) is 11.0 Å². The van der Waals surface area contributed by atoms with Gasteiger partial charge in [-0.15, -0.1) is 0 Å². The van der Waals surface area contributed by atoms with Crippen LogP contribution >= 0.6 is 0 Å². The minimum atomic E-state index is -3.68. The van der Waals surface area contributed by atoms with Crippen molar-refractivity contribution in [1.29, 1.82) is 5.26 Å². The lowest BCUT2D eigenvalue weighted by Crippen LogP contribution is -2.30. The van der Waals surface area contributed by atoms with Crippen molar-refractivity contribution in [3.63, 3.8) is 0 Å². The number of nitrogens with one attached hydrogen (secondary N) is 1. The molecule has 2 aromatic heterocycles. The molecule has 0 bridgehead atoms. The van der Waals surface area contributed by atoms with Crippen LogP contribution in [0, 0.1) is 23.0 Å². The molecule has 0 amide bonds. The van der Waals surface area contributed by atoms with E-state index in [4.69, 9.17) is 10.7 Å². The number of hydrogen-bond donors (Lipinski definition) is 2. The van der Waals surface area contributed by atoms with E-state index in [1.807, 2.05) is 12.1 Å². The molecule has 1 aliphatic carbocycles. The van der Waals surface area contributed by atoms with Crippen molar-refractivity contribution in [3.05, 3.63) is 93.0 Å². The van der Waals surface area contributed by atoms with Crippen molar-refractivity contribution in [1.82, 2.24) is 19.3 Å². The Kier molecular flexibility index (Phi) is 6.55. The summed E-state index contributed by atoms with van der Waals surface area (Å²) in [5, 5.41) is 14.6. The zero-order valence-electron chi connectivity index (χ0n) is 22.6. The molecule has 1 fully saturated rings. The zero-order chi connectivity index (χ0) is 29.9. The number of nitrogens with two attached hydrogens (primary N) is 1. The van der Waals surface area contributed by atoms with Crippen LogP contribution in [0.4, 0.5) is 14.6 Å². The fraction of sp³-hybridized carbons (Fsp3) is 0.241. The van der Waals surface area contributed by atoms with E-state index in [0.717, 1.165) is 42.9 Å². The average Bonchev–Trinajstić information content (AvgIpc) is 3.71. The second kappa shape index (κ2) is 10.0. The Morgan fingerprint density at radius 1 is 1.14 bits per heavy atom. The first-order chi connectivity index (χ1) is 19.9. The quantitative estimate of drug-likeness (QED) is 0.292. The molecule has 1 aliphatic rings. The van der Waals surface area contributed by atoms with E-state index in [1.165, 1.54) is 27.4 Å². The molecule has 0 radical (unpaired) electrons. The molecule has 1 unspecified atom stereocenters. The van der Waals surface area contributed by atoms with Gasteiger partial charge in [-0.1, -0.05) is 6.07 Å². The van der Waals surface area contributed by atoms with Crippen molar-refractivity contribution >= 4 is 37.6 Å². The number of fused-ring (bicyclic) bond motifs is 2. The topological polar surface area (TPSA) is 149 Å². The summed E-state index contributed by atoms with van der Waals surface area (Å²) in [6.45, 7) is 0. The Morgan fingerprint density at radius 3 is 2.50 bits per heavy atom. The second-order valence-corrected chi connectivity index (χ2v) is 12.3. The van der Waals surface area contributed by atoms with Gasteiger partial charge in [0.15, 0.2) is 5.82 Å². The van der Waals surface area contributed by atoms with Gasteiger partial charge in [0.25, 0.3) is 5.56 Å². The molecule has 0 aliphatic heterocycles. The number of nitrogens with zero attached hydrogens (tertiary/aromatic N) is 5. The van der Waals surface area contributed by atoms with Crippen LogP contribution in [0.5, 0.6) is 0 Å². The van der Waals surface area contributed by atoms with Gasteiger partial charge in [0.2, 0.25) is 10.0 Å². The Labute approximate surface area is 239 Å². The van der Waals surface area contributed by atoms with Gasteiger partial charge in [0.1, 0.15) is 17.5 Å². The Morgan fingerprint density at radius 2 is 1.86 bits per heavy atom. The monoisotopic (exact) mass is 589 g/mol. The Balaban J connectivity index is 1.64. The molecule has 10 nitrogen and oxygen atoms in total. The van der Waals surface area contributed by atoms with E-state index < -0.39 is 33.3 Å². The average molecular weight is 590 g/mol. The second-order valence-electron chi connectivity index (χ2n) is 10.6. The predicted molar refractivity (Wildman–Crippen MR) is 154 cm³/mol. The van der Waals surface area contributed by atoms with Gasteiger partial charge in [-0.3, -0.25) is 18.8 Å². The molecule has 1 atom stereocenters. The lowest BCUT2D eigenvalue weighted by atomic mass is 10.0. The number of nitriles is 1. The van der Waals surface area contributed by atoms with Gasteiger partial charge in [0, 0.05) is 13.1 Å². The summed E-state index contributed by atoms with van der Waals surface area (Å²) in [5.41, 5.74) is 8.64. The van der Waals surface area contributed by atoms with Crippen LogP contribution in [0.1, 0.15) is 47.3 Å². The summed E-state index contributed by atoms with van der Waals surface area (Å²) in [5.74, 6) is -1.09. The largest absolute Gasteiger partial charge is 0.321 e. The fourth-order valence-corrected chi connectivity index (χ4v) is 5.91. The number of aromatic nitrogens is 4. The van der Waals surface area contributed by atoms with Crippen LogP contribution in [-0.4, -0.2) is 34.0 Å². The van der Waals surface area contributed by atoms with Gasteiger partial charge in [-0.05, 0) is 72.7 Å². The van der Waals surface area contributed by atoms with Crippen LogP contribution in [0.3, 0.4) is 0 Å². The van der Waals surface area contributed by atoms with Crippen molar-refractivity contribution in [2.24, 2.45) is 12.8 Å². The standard InChI is InChI=1S/C29H25F2N7O3S/c1-37-26-24(8-7-20(17-4-5-17)25(26)27(35-37)36-42(2,40)41)38-28(22(33)11-16-9-18(30)13-19(31)10-16)34-23-12-15(14-32)3-6-21(23)29(38)39/h3,6-10,12-13,17,22H,4-5,11,33H2,1-2H3,(H,35,36). The van der Waals surface area contributed by atoms with Crippen LogP contribution in [0.15, 0.2) is 53.3 Å². The lowest BCUT2D eigenvalue weighted by molar-refractivity contribution is 0.572. The summed E-state index contributed by atoms with van der Waals surface area (Å²) in [4.78, 5) is 18.9. The molecular formula is C29H25F2N7O3S. The molecule has 3 aromatic carbocycles. The Hall–Kier alpha value is -4.67. The third-order valence-corrected chi connectivity index (χ3v) is 7.84. The van der Waals surface area contributed by atoms with Gasteiger partial charge in [0.05, 0.1) is 51.4 Å². The number of halogens is 2.